The average molecular weight is 212 g/mol. The molecule has 1 saturated heterocycles. The van der Waals surface area contributed by atoms with E-state index < -0.39 is 0 Å². The lowest BCUT2D eigenvalue weighted by atomic mass is 9.91. The number of nitrogens with zero attached hydrogens (tertiary/aromatic N) is 1. The van der Waals surface area contributed by atoms with Crippen LogP contribution in [0.4, 0.5) is 0 Å². The molecule has 0 aromatic rings. The highest BCUT2D eigenvalue weighted by atomic mass is 16.5. The molecule has 3 nitrogen and oxygen atoms in total. The highest BCUT2D eigenvalue weighted by Gasteiger charge is 2.28. The van der Waals surface area contributed by atoms with E-state index in [1.54, 1.807) is 0 Å². The summed E-state index contributed by atoms with van der Waals surface area (Å²) in [6, 6.07) is 1.43. The zero-order chi connectivity index (χ0) is 10.7. The van der Waals surface area contributed by atoms with Gasteiger partial charge in [0, 0.05) is 38.8 Å². The molecule has 2 fully saturated rings. The van der Waals surface area contributed by atoms with E-state index in [4.69, 9.17) is 4.74 Å². The maximum atomic E-state index is 5.50. The largest absolute Gasteiger partial charge is 0.381 e. The van der Waals surface area contributed by atoms with Gasteiger partial charge in [0.2, 0.25) is 0 Å². The van der Waals surface area contributed by atoms with Gasteiger partial charge in [-0.15, -0.1) is 0 Å². The normalized spacial score (nSPS) is 39.2. The lowest BCUT2D eigenvalue weighted by Gasteiger charge is -2.41. The minimum atomic E-state index is 0.508. The molecule has 1 N–H and O–H groups in total. The maximum absolute atomic E-state index is 5.50. The Morgan fingerprint density at radius 2 is 2.20 bits per heavy atom. The van der Waals surface area contributed by atoms with E-state index in [1.165, 1.54) is 38.8 Å². The fourth-order valence-corrected chi connectivity index (χ4v) is 2.96. The number of rotatable bonds is 2. The van der Waals surface area contributed by atoms with Gasteiger partial charge in [-0.2, -0.15) is 0 Å². The molecule has 1 aliphatic heterocycles. The molecule has 1 saturated carbocycles. The number of hydrogen-bond donors (Lipinski definition) is 1. The molecule has 0 bridgehead atoms. The third kappa shape index (κ3) is 2.92. The van der Waals surface area contributed by atoms with E-state index >= 15 is 0 Å². The first kappa shape index (κ1) is 11.4. The highest BCUT2D eigenvalue weighted by Crippen LogP contribution is 2.25. The van der Waals surface area contributed by atoms with Gasteiger partial charge in [-0.1, -0.05) is 0 Å². The second-order valence-corrected chi connectivity index (χ2v) is 5.03. The lowest BCUT2D eigenvalue weighted by Crippen LogP contribution is -2.54. The van der Waals surface area contributed by atoms with Gasteiger partial charge in [0.1, 0.15) is 0 Å². The number of piperazine rings is 1. The van der Waals surface area contributed by atoms with Crippen LogP contribution >= 0.6 is 0 Å². The van der Waals surface area contributed by atoms with Crippen molar-refractivity contribution in [3.8, 4) is 0 Å². The maximum Gasteiger partial charge on any atom is 0.0586 e. The van der Waals surface area contributed by atoms with Gasteiger partial charge in [-0.25, -0.2) is 0 Å². The van der Waals surface area contributed by atoms with Crippen LogP contribution in [-0.2, 0) is 4.74 Å². The molecule has 3 atom stereocenters. The average Bonchev–Trinajstić information content (AvgIpc) is 2.29. The van der Waals surface area contributed by atoms with Gasteiger partial charge in [-0.05, 0) is 32.6 Å². The summed E-state index contributed by atoms with van der Waals surface area (Å²) in [6.07, 6.45) is 5.71. The molecule has 2 rings (SSSR count). The summed E-state index contributed by atoms with van der Waals surface area (Å²) in [4.78, 5) is 2.66. The van der Waals surface area contributed by atoms with Crippen LogP contribution in [0.5, 0.6) is 0 Å². The van der Waals surface area contributed by atoms with E-state index in [9.17, 15) is 0 Å². The van der Waals surface area contributed by atoms with Gasteiger partial charge >= 0.3 is 0 Å². The Kier molecular flexibility index (Phi) is 4.00. The van der Waals surface area contributed by atoms with Crippen molar-refractivity contribution < 1.29 is 4.74 Å². The van der Waals surface area contributed by atoms with Gasteiger partial charge in [0.15, 0.2) is 0 Å². The number of ether oxygens (including phenoxy) is 1. The van der Waals surface area contributed by atoms with Crippen molar-refractivity contribution in [2.24, 2.45) is 0 Å². The summed E-state index contributed by atoms with van der Waals surface area (Å²) in [5.41, 5.74) is 0. The van der Waals surface area contributed by atoms with Crippen LogP contribution in [0.3, 0.4) is 0 Å². The predicted octanol–water partition coefficient (Wildman–Crippen LogP) is 1.24. The van der Waals surface area contributed by atoms with Crippen LogP contribution in [0, 0.1) is 0 Å². The summed E-state index contributed by atoms with van der Waals surface area (Å²) in [6.45, 7) is 5.85. The summed E-state index contributed by atoms with van der Waals surface area (Å²) in [5.74, 6) is 0. The summed E-state index contributed by atoms with van der Waals surface area (Å²) in [5, 5.41) is 3.50. The molecular formula is C12H24N2O. The van der Waals surface area contributed by atoms with Crippen molar-refractivity contribution in [2.45, 2.75) is 50.8 Å². The molecule has 1 heterocycles. The topological polar surface area (TPSA) is 24.5 Å². The third-order valence-corrected chi connectivity index (χ3v) is 3.85. The smallest absolute Gasteiger partial charge is 0.0586 e. The minimum absolute atomic E-state index is 0.508. The first-order valence-electron chi connectivity index (χ1n) is 6.30. The molecule has 1 aliphatic carbocycles. The Hall–Kier alpha value is -0.120. The fraction of sp³-hybridized carbons (Fsp3) is 1.00. The van der Waals surface area contributed by atoms with E-state index in [1.807, 2.05) is 7.11 Å². The zero-order valence-corrected chi connectivity index (χ0v) is 10.0. The molecule has 0 spiro atoms. The van der Waals surface area contributed by atoms with Gasteiger partial charge < -0.3 is 10.1 Å². The molecule has 3 heteroatoms. The Balaban J connectivity index is 1.86. The molecule has 88 valence electrons. The van der Waals surface area contributed by atoms with Crippen LogP contribution in [0.25, 0.3) is 0 Å². The quantitative estimate of drug-likeness (QED) is 0.745. The van der Waals surface area contributed by atoms with Crippen LogP contribution in [0.15, 0.2) is 0 Å². The van der Waals surface area contributed by atoms with E-state index in [0.29, 0.717) is 12.1 Å². The Bertz CT molecular complexity index is 198. The Labute approximate surface area is 93.2 Å². The Morgan fingerprint density at radius 1 is 1.33 bits per heavy atom. The van der Waals surface area contributed by atoms with Crippen molar-refractivity contribution in [1.82, 2.24) is 10.2 Å². The lowest BCUT2D eigenvalue weighted by molar-refractivity contribution is 0.0205. The van der Waals surface area contributed by atoms with Crippen molar-refractivity contribution in [1.29, 1.82) is 0 Å². The predicted molar refractivity (Wildman–Crippen MR) is 62.1 cm³/mol. The minimum Gasteiger partial charge on any atom is -0.381 e. The third-order valence-electron chi connectivity index (χ3n) is 3.85. The molecular weight excluding hydrogens is 188 g/mol. The molecule has 0 aromatic carbocycles. The standard InChI is InChI=1S/C12H24N2O/c1-10-9-14(7-6-13-10)11-4-3-5-12(8-11)15-2/h10-13H,3-9H2,1-2H3. The summed E-state index contributed by atoms with van der Waals surface area (Å²) >= 11 is 0. The first-order valence-corrected chi connectivity index (χ1v) is 6.30. The number of methoxy groups -OCH3 is 1. The Morgan fingerprint density at radius 3 is 2.93 bits per heavy atom. The second kappa shape index (κ2) is 5.28. The monoisotopic (exact) mass is 212 g/mol. The van der Waals surface area contributed by atoms with Gasteiger partial charge in [-0.3, -0.25) is 4.90 Å². The van der Waals surface area contributed by atoms with Gasteiger partial charge in [0.25, 0.3) is 0 Å². The molecule has 0 radical (unpaired) electrons. The molecule has 15 heavy (non-hydrogen) atoms. The van der Waals surface area contributed by atoms with E-state index in [0.717, 1.165) is 12.6 Å². The zero-order valence-electron chi connectivity index (χ0n) is 10.0. The molecule has 0 amide bonds. The first-order chi connectivity index (χ1) is 7.29. The summed E-state index contributed by atoms with van der Waals surface area (Å²) < 4.78 is 5.50. The fourth-order valence-electron chi connectivity index (χ4n) is 2.96. The van der Waals surface area contributed by atoms with Crippen LogP contribution in [0.2, 0.25) is 0 Å². The number of hydrogen-bond acceptors (Lipinski definition) is 3. The second-order valence-electron chi connectivity index (χ2n) is 5.03. The van der Waals surface area contributed by atoms with Gasteiger partial charge in [0.05, 0.1) is 6.10 Å². The SMILES string of the molecule is COC1CCCC(N2CCNC(C)C2)C1. The molecule has 3 unspecified atom stereocenters. The molecule has 2 aliphatic rings. The highest BCUT2D eigenvalue weighted by molar-refractivity contribution is 4.85. The van der Waals surface area contributed by atoms with Crippen molar-refractivity contribution in [3.63, 3.8) is 0 Å². The summed E-state index contributed by atoms with van der Waals surface area (Å²) in [7, 11) is 1.85. The van der Waals surface area contributed by atoms with Crippen molar-refractivity contribution in [2.75, 3.05) is 26.7 Å². The van der Waals surface area contributed by atoms with E-state index in [2.05, 4.69) is 17.1 Å². The van der Waals surface area contributed by atoms with Crippen LogP contribution in [-0.4, -0.2) is 49.8 Å². The number of nitrogens with one attached hydrogen (secondary N) is 1. The van der Waals surface area contributed by atoms with Crippen LogP contribution in [0.1, 0.15) is 32.6 Å². The van der Waals surface area contributed by atoms with E-state index in [-0.39, 0.29) is 0 Å². The van der Waals surface area contributed by atoms with Crippen molar-refractivity contribution in [3.05, 3.63) is 0 Å². The van der Waals surface area contributed by atoms with Crippen LogP contribution < -0.4 is 5.32 Å². The molecule has 0 aromatic heterocycles. The van der Waals surface area contributed by atoms with Crippen molar-refractivity contribution >= 4 is 0 Å².